The number of benzene rings is 2. The van der Waals surface area contributed by atoms with Crippen molar-refractivity contribution in [3.8, 4) is 11.4 Å². The number of nitrogens with zero attached hydrogens (tertiary/aromatic N) is 5. The van der Waals surface area contributed by atoms with Crippen molar-refractivity contribution in [2.75, 3.05) is 23.7 Å². The largest absolute Gasteiger partial charge is 0.308 e. The highest BCUT2D eigenvalue weighted by atomic mass is 32.2. The van der Waals surface area contributed by atoms with Crippen molar-refractivity contribution in [2.24, 2.45) is 0 Å². The Bertz CT molecular complexity index is 1300. The number of anilines is 1. The molecule has 2 heterocycles. The van der Waals surface area contributed by atoms with Crippen LogP contribution in [0.15, 0.2) is 58.6 Å². The summed E-state index contributed by atoms with van der Waals surface area (Å²) in [5, 5.41) is 9.34. The number of thioether (sulfide) groups is 1. The van der Waals surface area contributed by atoms with E-state index in [9.17, 15) is 13.2 Å². The zero-order valence-electron chi connectivity index (χ0n) is 20.5. The van der Waals surface area contributed by atoms with E-state index >= 15 is 0 Å². The fourth-order valence-corrected chi connectivity index (χ4v) is 6.84. The first-order valence-corrected chi connectivity index (χ1v) is 14.3. The molecular weight excluding hydrogens is 482 g/mol. The van der Waals surface area contributed by atoms with Crippen molar-refractivity contribution in [1.29, 1.82) is 0 Å². The molecule has 0 bridgehead atoms. The smallest absolute Gasteiger partial charge is 0.243 e. The fourth-order valence-electron chi connectivity index (χ4n) is 4.52. The number of hydrogen-bond acceptors (Lipinski definition) is 6. The van der Waals surface area contributed by atoms with Crippen LogP contribution in [0.2, 0.25) is 0 Å². The highest BCUT2D eigenvalue weighted by Gasteiger charge is 2.30. The van der Waals surface area contributed by atoms with Crippen LogP contribution in [0.3, 0.4) is 0 Å². The Labute approximate surface area is 211 Å². The molecule has 3 aromatic rings. The van der Waals surface area contributed by atoms with Gasteiger partial charge >= 0.3 is 0 Å². The second-order valence-electron chi connectivity index (χ2n) is 8.40. The van der Waals surface area contributed by atoms with Gasteiger partial charge in [-0.05, 0) is 56.2 Å². The molecule has 0 unspecified atom stereocenters. The van der Waals surface area contributed by atoms with Gasteiger partial charge in [-0.2, -0.15) is 4.31 Å². The Morgan fingerprint density at radius 2 is 1.74 bits per heavy atom. The van der Waals surface area contributed by atoms with Gasteiger partial charge in [0.15, 0.2) is 11.0 Å². The molecule has 1 aromatic heterocycles. The van der Waals surface area contributed by atoms with Gasteiger partial charge in [0, 0.05) is 36.9 Å². The molecule has 1 atom stereocenters. The molecule has 1 amide bonds. The second kappa shape index (κ2) is 10.5. The highest BCUT2D eigenvalue weighted by Crippen LogP contribution is 2.33. The summed E-state index contributed by atoms with van der Waals surface area (Å²) >= 11 is 1.37. The number of amides is 1. The number of fused-ring (bicyclic) bond motifs is 1. The lowest BCUT2D eigenvalue weighted by Gasteiger charge is -2.22. The van der Waals surface area contributed by atoms with Crippen LogP contribution >= 0.6 is 11.8 Å². The molecule has 0 fully saturated rings. The summed E-state index contributed by atoms with van der Waals surface area (Å²) in [5.41, 5.74) is 2.96. The molecule has 0 aliphatic carbocycles. The van der Waals surface area contributed by atoms with Gasteiger partial charge in [0.1, 0.15) is 0 Å². The van der Waals surface area contributed by atoms with Crippen molar-refractivity contribution in [3.05, 3.63) is 54.1 Å². The molecule has 4 rings (SSSR count). The Kier molecular flexibility index (Phi) is 7.63. The van der Waals surface area contributed by atoms with Crippen LogP contribution in [-0.2, 0) is 27.8 Å². The quantitative estimate of drug-likeness (QED) is 0.401. The van der Waals surface area contributed by atoms with Gasteiger partial charge in [-0.15, -0.1) is 10.2 Å². The maximum atomic E-state index is 13.1. The number of hydrogen-bond donors (Lipinski definition) is 0. The molecule has 0 saturated carbocycles. The molecule has 1 aliphatic rings. The first kappa shape index (κ1) is 25.4. The Morgan fingerprint density at radius 1 is 1.06 bits per heavy atom. The number of carbonyl (C=O) groups excluding carboxylic acids is 1. The Hall–Kier alpha value is -2.69. The summed E-state index contributed by atoms with van der Waals surface area (Å²) < 4.78 is 28.9. The van der Waals surface area contributed by atoms with E-state index in [1.165, 1.54) is 21.6 Å². The summed E-state index contributed by atoms with van der Waals surface area (Å²) in [5.74, 6) is 0.956. The molecule has 35 heavy (non-hydrogen) atoms. The fraction of sp³-hybridized carbons (Fsp3) is 0.400. The number of carbonyl (C=O) groups is 1. The SMILES string of the molecule is CCN(CC)S(=O)(=O)c1ccc(-c2nnc(SCC(=O)N3c4ccccc4C[C@H]3C)n2CC)cc1. The molecule has 1 aliphatic heterocycles. The first-order valence-electron chi connectivity index (χ1n) is 11.9. The molecular formula is C25H31N5O3S2. The maximum absolute atomic E-state index is 13.1. The molecule has 0 radical (unpaired) electrons. The van der Waals surface area contributed by atoms with Crippen LogP contribution in [0.4, 0.5) is 5.69 Å². The second-order valence-corrected chi connectivity index (χ2v) is 11.3. The van der Waals surface area contributed by atoms with Gasteiger partial charge in [0.25, 0.3) is 0 Å². The topological polar surface area (TPSA) is 88.4 Å². The van der Waals surface area contributed by atoms with Gasteiger partial charge in [-0.1, -0.05) is 43.8 Å². The first-order chi connectivity index (χ1) is 16.8. The number of rotatable bonds is 9. The van der Waals surface area contributed by atoms with Gasteiger partial charge in [-0.3, -0.25) is 4.79 Å². The van der Waals surface area contributed by atoms with Gasteiger partial charge in [0.05, 0.1) is 10.6 Å². The molecule has 0 saturated heterocycles. The van der Waals surface area contributed by atoms with Crippen molar-refractivity contribution in [2.45, 2.75) is 56.8 Å². The summed E-state index contributed by atoms with van der Waals surface area (Å²) in [7, 11) is -3.52. The van der Waals surface area contributed by atoms with Gasteiger partial charge in [0.2, 0.25) is 15.9 Å². The van der Waals surface area contributed by atoms with Crippen molar-refractivity contribution >= 4 is 33.4 Å². The number of aromatic nitrogens is 3. The van der Waals surface area contributed by atoms with Crippen LogP contribution < -0.4 is 4.90 Å². The van der Waals surface area contributed by atoms with E-state index in [1.54, 1.807) is 24.3 Å². The lowest BCUT2D eigenvalue weighted by atomic mass is 10.1. The predicted molar refractivity (Wildman–Crippen MR) is 139 cm³/mol. The lowest BCUT2D eigenvalue weighted by Crippen LogP contribution is -2.37. The molecule has 0 N–H and O–H groups in total. The zero-order valence-corrected chi connectivity index (χ0v) is 22.1. The van der Waals surface area contributed by atoms with E-state index in [1.807, 2.05) is 48.4 Å². The predicted octanol–water partition coefficient (Wildman–Crippen LogP) is 4.07. The lowest BCUT2D eigenvalue weighted by molar-refractivity contribution is -0.116. The van der Waals surface area contributed by atoms with Crippen LogP contribution in [0.1, 0.15) is 33.3 Å². The highest BCUT2D eigenvalue weighted by molar-refractivity contribution is 7.99. The van der Waals surface area contributed by atoms with Crippen molar-refractivity contribution < 1.29 is 13.2 Å². The van der Waals surface area contributed by atoms with E-state index < -0.39 is 10.0 Å². The third-order valence-electron chi connectivity index (χ3n) is 6.29. The third kappa shape index (κ3) is 4.87. The van der Waals surface area contributed by atoms with Crippen molar-refractivity contribution in [1.82, 2.24) is 19.1 Å². The van der Waals surface area contributed by atoms with E-state index in [0.29, 0.717) is 30.6 Å². The normalized spacial score (nSPS) is 15.6. The molecule has 10 heteroatoms. The van der Waals surface area contributed by atoms with E-state index in [0.717, 1.165) is 17.7 Å². The van der Waals surface area contributed by atoms with Crippen LogP contribution in [0.25, 0.3) is 11.4 Å². The Balaban J connectivity index is 1.51. The molecule has 0 spiro atoms. The van der Waals surface area contributed by atoms with E-state index in [2.05, 4.69) is 23.2 Å². The van der Waals surface area contributed by atoms with Gasteiger partial charge < -0.3 is 9.47 Å². The average molecular weight is 514 g/mol. The van der Waals surface area contributed by atoms with Crippen LogP contribution in [0.5, 0.6) is 0 Å². The number of sulfonamides is 1. The minimum atomic E-state index is -3.52. The number of para-hydroxylation sites is 1. The Morgan fingerprint density at radius 3 is 2.40 bits per heavy atom. The maximum Gasteiger partial charge on any atom is 0.243 e. The minimum Gasteiger partial charge on any atom is -0.308 e. The van der Waals surface area contributed by atoms with E-state index in [-0.39, 0.29) is 22.6 Å². The van der Waals surface area contributed by atoms with Gasteiger partial charge in [-0.25, -0.2) is 8.42 Å². The third-order valence-corrected chi connectivity index (χ3v) is 9.31. The summed E-state index contributed by atoms with van der Waals surface area (Å²) in [6.45, 7) is 9.19. The zero-order chi connectivity index (χ0) is 25.2. The average Bonchev–Trinajstić information content (AvgIpc) is 3.42. The van der Waals surface area contributed by atoms with E-state index in [4.69, 9.17) is 0 Å². The summed E-state index contributed by atoms with van der Waals surface area (Å²) in [6.07, 6.45) is 0.863. The minimum absolute atomic E-state index is 0.0469. The summed E-state index contributed by atoms with van der Waals surface area (Å²) in [6, 6.07) is 14.9. The molecule has 186 valence electrons. The standard InChI is InChI=1S/C25H31N5O3S2/c1-5-28(6-2)35(32,33)21-14-12-19(13-15-21)24-26-27-25(29(24)7-3)34-17-23(31)30-18(4)16-20-10-8-9-11-22(20)30/h8-15,18H,5-7,16-17H2,1-4H3/t18-/m1/s1. The monoisotopic (exact) mass is 513 g/mol. The summed E-state index contributed by atoms with van der Waals surface area (Å²) in [4.78, 5) is 15.2. The van der Waals surface area contributed by atoms with Crippen molar-refractivity contribution in [3.63, 3.8) is 0 Å². The van der Waals surface area contributed by atoms with Crippen LogP contribution in [-0.4, -0.2) is 58.3 Å². The molecule has 8 nitrogen and oxygen atoms in total. The molecule has 2 aromatic carbocycles. The van der Waals surface area contributed by atoms with Crippen LogP contribution in [0, 0.1) is 0 Å².